The van der Waals surface area contributed by atoms with Gasteiger partial charge in [0.2, 0.25) is 5.91 Å². The van der Waals surface area contributed by atoms with Gasteiger partial charge in [0, 0.05) is 18.5 Å². The Kier molecular flexibility index (Phi) is 7.37. The van der Waals surface area contributed by atoms with Crippen LogP contribution in [0.3, 0.4) is 0 Å². The molecule has 0 aliphatic heterocycles. The second-order valence-electron chi connectivity index (χ2n) is 5.92. The summed E-state index contributed by atoms with van der Waals surface area (Å²) in [5.74, 6) is -0.124. The van der Waals surface area contributed by atoms with Crippen molar-refractivity contribution in [3.63, 3.8) is 0 Å². The molecule has 4 heteroatoms. The Morgan fingerprint density at radius 2 is 2.05 bits per heavy atom. The maximum Gasteiger partial charge on any atom is 0.222 e. The topological polar surface area (TPSA) is 55.1 Å². The number of rotatable bonds is 8. The lowest BCUT2D eigenvalue weighted by molar-refractivity contribution is -0.124. The first-order valence-corrected chi connectivity index (χ1v) is 7.68. The molecule has 0 aromatic heterocycles. The second kappa shape index (κ2) is 8.78. The molecule has 3 N–H and O–H groups in total. The molecule has 2 unspecified atom stereocenters. The highest BCUT2D eigenvalue weighted by atomic mass is 19.1. The highest BCUT2D eigenvalue weighted by molar-refractivity contribution is 5.78. The number of hydrogen-bond donors (Lipinski definition) is 2. The van der Waals surface area contributed by atoms with E-state index in [0.29, 0.717) is 6.54 Å². The van der Waals surface area contributed by atoms with Gasteiger partial charge in [0.05, 0.1) is 0 Å². The Morgan fingerprint density at radius 3 is 2.67 bits per heavy atom. The molecule has 3 nitrogen and oxygen atoms in total. The van der Waals surface area contributed by atoms with Crippen molar-refractivity contribution in [2.75, 3.05) is 6.54 Å². The van der Waals surface area contributed by atoms with Gasteiger partial charge >= 0.3 is 0 Å². The molecule has 21 heavy (non-hydrogen) atoms. The third kappa shape index (κ3) is 6.71. The molecule has 1 amide bonds. The van der Waals surface area contributed by atoms with E-state index in [1.165, 1.54) is 12.1 Å². The van der Waals surface area contributed by atoms with Crippen molar-refractivity contribution in [3.8, 4) is 0 Å². The zero-order valence-corrected chi connectivity index (χ0v) is 13.3. The van der Waals surface area contributed by atoms with Crippen LogP contribution in [-0.2, 0) is 11.2 Å². The van der Waals surface area contributed by atoms with Gasteiger partial charge in [-0.05, 0) is 56.4 Å². The van der Waals surface area contributed by atoms with Crippen molar-refractivity contribution in [1.29, 1.82) is 0 Å². The summed E-state index contributed by atoms with van der Waals surface area (Å²) in [5.41, 5.74) is 7.69. The molecule has 1 rings (SSSR count). The lowest BCUT2D eigenvalue weighted by Crippen LogP contribution is -2.31. The van der Waals surface area contributed by atoms with E-state index in [9.17, 15) is 9.18 Å². The van der Waals surface area contributed by atoms with E-state index in [1.807, 2.05) is 20.8 Å². The smallest absolute Gasteiger partial charge is 0.222 e. The first-order valence-electron chi connectivity index (χ1n) is 7.68. The van der Waals surface area contributed by atoms with Gasteiger partial charge in [-0.2, -0.15) is 0 Å². The van der Waals surface area contributed by atoms with Crippen molar-refractivity contribution in [2.24, 2.45) is 11.7 Å². The molecule has 0 spiro atoms. The summed E-state index contributed by atoms with van der Waals surface area (Å²) < 4.78 is 13.0. The number of nitrogens with one attached hydrogen (secondary N) is 1. The minimum atomic E-state index is -0.219. The van der Waals surface area contributed by atoms with E-state index in [4.69, 9.17) is 5.73 Å². The highest BCUT2D eigenvalue weighted by Gasteiger charge is 2.12. The number of hydrogen-bond acceptors (Lipinski definition) is 2. The Labute approximate surface area is 127 Å². The average molecular weight is 294 g/mol. The van der Waals surface area contributed by atoms with Crippen molar-refractivity contribution >= 4 is 5.91 Å². The van der Waals surface area contributed by atoms with Gasteiger partial charge in [0.25, 0.3) is 0 Å². The van der Waals surface area contributed by atoms with Crippen LogP contribution in [0.1, 0.15) is 44.2 Å². The van der Waals surface area contributed by atoms with Gasteiger partial charge < -0.3 is 11.1 Å². The predicted molar refractivity (Wildman–Crippen MR) is 84.5 cm³/mol. The van der Waals surface area contributed by atoms with Gasteiger partial charge in [0.15, 0.2) is 0 Å². The first kappa shape index (κ1) is 17.6. The number of carbonyl (C=O) groups excluding carboxylic acids is 1. The van der Waals surface area contributed by atoms with Crippen LogP contribution in [0.4, 0.5) is 4.39 Å². The van der Waals surface area contributed by atoms with Gasteiger partial charge in [-0.3, -0.25) is 4.79 Å². The van der Waals surface area contributed by atoms with Crippen LogP contribution in [0.15, 0.2) is 18.2 Å². The van der Waals surface area contributed by atoms with E-state index < -0.39 is 0 Å². The van der Waals surface area contributed by atoms with E-state index in [2.05, 4.69) is 5.32 Å². The minimum Gasteiger partial charge on any atom is -0.356 e. The summed E-state index contributed by atoms with van der Waals surface area (Å²) in [6.45, 7) is 6.40. The Morgan fingerprint density at radius 1 is 1.33 bits per heavy atom. The Balaban J connectivity index is 2.29. The third-order valence-corrected chi connectivity index (χ3v) is 3.74. The second-order valence-corrected chi connectivity index (χ2v) is 5.92. The number of carbonyl (C=O) groups is 1. The Bertz CT molecular complexity index is 460. The molecule has 0 saturated heterocycles. The summed E-state index contributed by atoms with van der Waals surface area (Å²) in [7, 11) is 0. The van der Waals surface area contributed by atoms with Gasteiger partial charge in [-0.1, -0.05) is 19.4 Å². The number of benzene rings is 1. The van der Waals surface area contributed by atoms with Crippen molar-refractivity contribution in [1.82, 2.24) is 5.32 Å². The van der Waals surface area contributed by atoms with E-state index in [0.717, 1.165) is 36.8 Å². The molecule has 0 saturated carbocycles. The fourth-order valence-corrected chi connectivity index (χ4v) is 2.31. The largest absolute Gasteiger partial charge is 0.356 e. The fraction of sp³-hybridized carbons (Fsp3) is 0.588. The van der Waals surface area contributed by atoms with Crippen LogP contribution in [-0.4, -0.2) is 18.5 Å². The summed E-state index contributed by atoms with van der Waals surface area (Å²) in [6, 6.07) is 4.96. The van der Waals surface area contributed by atoms with Crippen molar-refractivity contribution in [2.45, 2.75) is 52.5 Å². The fourth-order valence-electron chi connectivity index (χ4n) is 2.31. The number of nitrogens with two attached hydrogens (primary N) is 1. The SMILES string of the molecule is Cc1cc(F)ccc1CCNC(=O)C(C)CCCC(C)N. The average Bonchev–Trinajstić information content (AvgIpc) is 2.40. The van der Waals surface area contributed by atoms with Crippen LogP contribution >= 0.6 is 0 Å². The van der Waals surface area contributed by atoms with Crippen LogP contribution in [0.25, 0.3) is 0 Å². The lowest BCUT2D eigenvalue weighted by Gasteiger charge is -2.13. The highest BCUT2D eigenvalue weighted by Crippen LogP contribution is 2.11. The minimum absolute atomic E-state index is 0.0121. The number of aryl methyl sites for hydroxylation is 1. The molecule has 118 valence electrons. The zero-order valence-electron chi connectivity index (χ0n) is 13.3. The quantitative estimate of drug-likeness (QED) is 0.774. The molecular weight excluding hydrogens is 267 g/mol. The summed E-state index contributed by atoms with van der Waals surface area (Å²) in [6.07, 6.45) is 3.52. The standard InChI is InChI=1S/C17H27FN2O/c1-12(5-4-6-14(3)19)17(21)20-10-9-15-7-8-16(18)11-13(15)2/h7-8,11-12,14H,4-6,9-10,19H2,1-3H3,(H,20,21). The zero-order chi connectivity index (χ0) is 15.8. The molecular formula is C17H27FN2O. The monoisotopic (exact) mass is 294 g/mol. The molecule has 1 aromatic carbocycles. The normalized spacial score (nSPS) is 13.8. The number of amides is 1. The third-order valence-electron chi connectivity index (χ3n) is 3.74. The maximum atomic E-state index is 13.0. The van der Waals surface area contributed by atoms with E-state index in [-0.39, 0.29) is 23.7 Å². The van der Waals surface area contributed by atoms with Gasteiger partial charge in [0.1, 0.15) is 5.82 Å². The summed E-state index contributed by atoms with van der Waals surface area (Å²) >= 11 is 0. The van der Waals surface area contributed by atoms with Crippen molar-refractivity contribution in [3.05, 3.63) is 35.1 Å². The molecule has 1 aromatic rings. The molecule has 2 atom stereocenters. The molecule has 0 bridgehead atoms. The van der Waals surface area contributed by atoms with Gasteiger partial charge in [-0.15, -0.1) is 0 Å². The van der Waals surface area contributed by atoms with Crippen molar-refractivity contribution < 1.29 is 9.18 Å². The van der Waals surface area contributed by atoms with Gasteiger partial charge in [-0.25, -0.2) is 4.39 Å². The molecule has 0 fully saturated rings. The summed E-state index contributed by atoms with van der Waals surface area (Å²) in [5, 5.41) is 2.95. The molecule has 0 heterocycles. The predicted octanol–water partition coefficient (Wildman–Crippen LogP) is 2.95. The van der Waals surface area contributed by atoms with Crippen LogP contribution in [0, 0.1) is 18.7 Å². The Hall–Kier alpha value is -1.42. The molecule has 0 radical (unpaired) electrons. The molecule has 0 aliphatic carbocycles. The molecule has 0 aliphatic rings. The number of halogens is 1. The van der Waals surface area contributed by atoms with Crippen LogP contribution in [0.5, 0.6) is 0 Å². The van der Waals surface area contributed by atoms with Crippen LogP contribution in [0.2, 0.25) is 0 Å². The van der Waals surface area contributed by atoms with Crippen LogP contribution < -0.4 is 11.1 Å². The van der Waals surface area contributed by atoms with E-state index >= 15 is 0 Å². The summed E-state index contributed by atoms with van der Waals surface area (Å²) in [4.78, 5) is 11.9. The maximum absolute atomic E-state index is 13.0. The lowest BCUT2D eigenvalue weighted by atomic mass is 10.0. The first-order chi connectivity index (χ1) is 9.90. The van der Waals surface area contributed by atoms with E-state index in [1.54, 1.807) is 6.07 Å².